The van der Waals surface area contributed by atoms with Crippen LogP contribution in [0.1, 0.15) is 46.3 Å². The third-order valence-corrected chi connectivity index (χ3v) is 3.65. The summed E-state index contributed by atoms with van der Waals surface area (Å²) in [6.07, 6.45) is 4.68. The molecular weight excluding hydrogens is 431 g/mol. The van der Waals surface area contributed by atoms with Gasteiger partial charge in [-0.05, 0) is 39.3 Å². The summed E-state index contributed by atoms with van der Waals surface area (Å²) in [5.74, 6) is 1.71. The van der Waals surface area contributed by atoms with Crippen LogP contribution in [0, 0.1) is 5.41 Å². The molecular formula is C18H33IN4O2. The lowest BCUT2D eigenvalue weighted by Crippen LogP contribution is -2.42. The summed E-state index contributed by atoms with van der Waals surface area (Å²) in [5.41, 5.74) is -0.531. The number of carbonyl (C=O) groups excluding carboxylic acids is 1. The Kier molecular flexibility index (Phi) is 12.4. The minimum atomic E-state index is -0.531. The highest BCUT2D eigenvalue weighted by molar-refractivity contribution is 14.0. The van der Waals surface area contributed by atoms with Crippen LogP contribution in [-0.4, -0.2) is 38.0 Å². The number of nitrogens with zero attached hydrogens (tertiary/aromatic N) is 1. The van der Waals surface area contributed by atoms with E-state index in [-0.39, 0.29) is 29.9 Å². The topological polar surface area (TPSA) is 78.7 Å². The van der Waals surface area contributed by atoms with Crippen molar-refractivity contribution in [3.63, 3.8) is 0 Å². The second kappa shape index (κ2) is 13.0. The lowest BCUT2D eigenvalue weighted by Gasteiger charge is -2.22. The second-order valence-electron chi connectivity index (χ2n) is 6.44. The zero-order valence-electron chi connectivity index (χ0n) is 15.9. The van der Waals surface area contributed by atoms with Crippen molar-refractivity contribution in [3.8, 4) is 0 Å². The monoisotopic (exact) mass is 464 g/mol. The van der Waals surface area contributed by atoms with Gasteiger partial charge in [0.15, 0.2) is 5.96 Å². The van der Waals surface area contributed by atoms with Crippen molar-refractivity contribution < 1.29 is 9.21 Å². The number of hydrogen-bond donors (Lipinski definition) is 3. The van der Waals surface area contributed by atoms with Crippen LogP contribution in [0.4, 0.5) is 0 Å². The molecule has 3 N–H and O–H groups in total. The van der Waals surface area contributed by atoms with E-state index in [1.165, 1.54) is 0 Å². The Balaban J connectivity index is 0.00000576. The zero-order valence-corrected chi connectivity index (χ0v) is 18.2. The number of amides is 1. The van der Waals surface area contributed by atoms with Crippen molar-refractivity contribution in [2.24, 2.45) is 10.4 Å². The van der Waals surface area contributed by atoms with Gasteiger partial charge in [-0.25, -0.2) is 0 Å². The molecule has 0 atom stereocenters. The van der Waals surface area contributed by atoms with E-state index in [4.69, 9.17) is 4.42 Å². The van der Waals surface area contributed by atoms with Gasteiger partial charge < -0.3 is 20.4 Å². The van der Waals surface area contributed by atoms with Gasteiger partial charge in [0.2, 0.25) is 5.91 Å². The summed E-state index contributed by atoms with van der Waals surface area (Å²) in [5, 5.41) is 9.49. The Labute approximate surface area is 168 Å². The van der Waals surface area contributed by atoms with Gasteiger partial charge in [-0.1, -0.05) is 13.3 Å². The molecule has 1 heterocycles. The zero-order chi connectivity index (χ0) is 17.8. The molecule has 0 radical (unpaired) electrons. The molecule has 0 aliphatic heterocycles. The summed E-state index contributed by atoms with van der Waals surface area (Å²) in [6, 6.07) is 3.85. The summed E-state index contributed by atoms with van der Waals surface area (Å²) in [7, 11) is 0. The summed E-state index contributed by atoms with van der Waals surface area (Å²) >= 11 is 0. The number of guanidine groups is 1. The molecule has 0 spiro atoms. The number of halogens is 1. The number of rotatable bonds is 10. The maximum absolute atomic E-state index is 12.1. The SMILES string of the molecule is CCCCNC(=NCC(C)(C)C(=O)NCC)NCCc1ccco1.I. The van der Waals surface area contributed by atoms with Gasteiger partial charge in [0.1, 0.15) is 5.76 Å². The molecule has 0 saturated heterocycles. The fourth-order valence-electron chi connectivity index (χ4n) is 2.07. The first-order valence-electron chi connectivity index (χ1n) is 8.82. The van der Waals surface area contributed by atoms with Crippen LogP contribution in [0.2, 0.25) is 0 Å². The van der Waals surface area contributed by atoms with Crippen LogP contribution in [0.25, 0.3) is 0 Å². The maximum Gasteiger partial charge on any atom is 0.227 e. The highest BCUT2D eigenvalue weighted by Crippen LogP contribution is 2.15. The van der Waals surface area contributed by atoms with Crippen molar-refractivity contribution in [1.82, 2.24) is 16.0 Å². The Hall–Kier alpha value is -1.25. The van der Waals surface area contributed by atoms with Crippen LogP contribution in [0.15, 0.2) is 27.8 Å². The quantitative estimate of drug-likeness (QED) is 0.215. The highest BCUT2D eigenvalue weighted by atomic mass is 127. The maximum atomic E-state index is 12.1. The third-order valence-electron chi connectivity index (χ3n) is 3.65. The van der Waals surface area contributed by atoms with E-state index in [0.717, 1.165) is 44.1 Å². The van der Waals surface area contributed by atoms with Gasteiger partial charge in [0.05, 0.1) is 18.2 Å². The van der Waals surface area contributed by atoms with Crippen LogP contribution in [0.5, 0.6) is 0 Å². The molecule has 0 fully saturated rings. The average molecular weight is 464 g/mol. The van der Waals surface area contributed by atoms with E-state index in [9.17, 15) is 4.79 Å². The predicted octanol–water partition coefficient (Wildman–Crippen LogP) is 2.94. The van der Waals surface area contributed by atoms with Gasteiger partial charge >= 0.3 is 0 Å². The first kappa shape index (κ1) is 23.8. The Morgan fingerprint density at radius 1 is 1.20 bits per heavy atom. The van der Waals surface area contributed by atoms with E-state index in [1.54, 1.807) is 6.26 Å². The van der Waals surface area contributed by atoms with Crippen LogP contribution in [0.3, 0.4) is 0 Å². The van der Waals surface area contributed by atoms with E-state index in [2.05, 4.69) is 27.9 Å². The van der Waals surface area contributed by atoms with Gasteiger partial charge in [-0.2, -0.15) is 0 Å². The van der Waals surface area contributed by atoms with Crippen LogP contribution < -0.4 is 16.0 Å². The number of hydrogen-bond acceptors (Lipinski definition) is 3. The molecule has 0 aliphatic carbocycles. The van der Waals surface area contributed by atoms with Gasteiger partial charge in [0, 0.05) is 26.1 Å². The minimum Gasteiger partial charge on any atom is -0.469 e. The molecule has 7 heteroatoms. The molecule has 1 aromatic heterocycles. The highest BCUT2D eigenvalue weighted by Gasteiger charge is 2.26. The number of furan rings is 1. The summed E-state index contributed by atoms with van der Waals surface area (Å²) < 4.78 is 5.33. The molecule has 0 bridgehead atoms. The summed E-state index contributed by atoms with van der Waals surface area (Å²) in [4.78, 5) is 16.7. The fraction of sp³-hybridized carbons (Fsp3) is 0.667. The molecule has 1 aromatic rings. The smallest absolute Gasteiger partial charge is 0.227 e. The van der Waals surface area contributed by atoms with Crippen molar-refractivity contribution in [3.05, 3.63) is 24.2 Å². The van der Waals surface area contributed by atoms with Crippen molar-refractivity contribution >= 4 is 35.8 Å². The van der Waals surface area contributed by atoms with Crippen molar-refractivity contribution in [2.45, 2.75) is 47.0 Å². The molecule has 0 saturated carbocycles. The fourth-order valence-corrected chi connectivity index (χ4v) is 2.07. The minimum absolute atomic E-state index is 0. The predicted molar refractivity (Wildman–Crippen MR) is 114 cm³/mol. The third kappa shape index (κ3) is 9.72. The normalized spacial score (nSPS) is 11.6. The van der Waals surface area contributed by atoms with Gasteiger partial charge in [0.25, 0.3) is 0 Å². The number of aliphatic imine (C=N–C) groups is 1. The number of nitrogens with one attached hydrogen (secondary N) is 3. The number of unbranched alkanes of at least 4 members (excludes halogenated alkanes) is 1. The van der Waals surface area contributed by atoms with Crippen LogP contribution in [-0.2, 0) is 11.2 Å². The Bertz CT molecular complexity index is 501. The number of carbonyl (C=O) groups is 1. The molecule has 144 valence electrons. The standard InChI is InChI=1S/C18H32N4O2.HI/c1-5-7-11-20-17(21-12-10-15-9-8-13-24-15)22-14-18(3,4)16(23)19-6-2;/h8-9,13H,5-7,10-12,14H2,1-4H3,(H,19,23)(H2,20,21,22);1H. The van der Waals surface area contributed by atoms with Gasteiger partial charge in [-0.3, -0.25) is 9.79 Å². The van der Waals surface area contributed by atoms with Crippen LogP contribution >= 0.6 is 24.0 Å². The Morgan fingerprint density at radius 2 is 1.92 bits per heavy atom. The first-order valence-corrected chi connectivity index (χ1v) is 8.82. The lowest BCUT2D eigenvalue weighted by molar-refractivity contribution is -0.128. The molecule has 1 amide bonds. The van der Waals surface area contributed by atoms with Crippen molar-refractivity contribution in [1.29, 1.82) is 0 Å². The van der Waals surface area contributed by atoms with E-state index < -0.39 is 5.41 Å². The molecule has 25 heavy (non-hydrogen) atoms. The van der Waals surface area contributed by atoms with Gasteiger partial charge in [-0.15, -0.1) is 24.0 Å². The summed E-state index contributed by atoms with van der Waals surface area (Å²) in [6.45, 7) is 10.6. The average Bonchev–Trinajstić information content (AvgIpc) is 3.06. The van der Waals surface area contributed by atoms with E-state index >= 15 is 0 Å². The first-order chi connectivity index (χ1) is 11.5. The molecule has 0 aliphatic rings. The molecule has 6 nitrogen and oxygen atoms in total. The molecule has 0 unspecified atom stereocenters. The van der Waals surface area contributed by atoms with Crippen molar-refractivity contribution in [2.75, 3.05) is 26.2 Å². The Morgan fingerprint density at radius 3 is 2.52 bits per heavy atom. The molecule has 1 rings (SSSR count). The van der Waals surface area contributed by atoms with E-state index in [0.29, 0.717) is 13.1 Å². The largest absolute Gasteiger partial charge is 0.469 e. The second-order valence-corrected chi connectivity index (χ2v) is 6.44. The molecule has 0 aromatic carbocycles. The van der Waals surface area contributed by atoms with E-state index in [1.807, 2.05) is 32.9 Å². The lowest BCUT2D eigenvalue weighted by atomic mass is 9.92.